The van der Waals surface area contributed by atoms with Crippen molar-refractivity contribution in [2.24, 2.45) is 0 Å². The van der Waals surface area contributed by atoms with E-state index in [2.05, 4.69) is 5.32 Å². The van der Waals surface area contributed by atoms with Gasteiger partial charge >= 0.3 is 5.97 Å². The van der Waals surface area contributed by atoms with Crippen LogP contribution in [0.3, 0.4) is 0 Å². The van der Waals surface area contributed by atoms with Gasteiger partial charge in [-0.05, 0) is 32.9 Å². The molecule has 0 radical (unpaired) electrons. The predicted molar refractivity (Wildman–Crippen MR) is 69.1 cm³/mol. The molecule has 0 heterocycles. The summed E-state index contributed by atoms with van der Waals surface area (Å²) in [6.45, 7) is 4.91. The van der Waals surface area contributed by atoms with Crippen molar-refractivity contribution in [2.45, 2.75) is 26.8 Å². The summed E-state index contributed by atoms with van der Waals surface area (Å²) in [4.78, 5) is 23.2. The lowest BCUT2D eigenvalue weighted by atomic mass is 10.1. The lowest BCUT2D eigenvalue weighted by Gasteiger charge is -2.13. The van der Waals surface area contributed by atoms with Gasteiger partial charge in [0.1, 0.15) is 11.9 Å². The Kier molecular flexibility index (Phi) is 4.86. The number of nitrogen functional groups attached to an aromatic ring is 1. The minimum Gasteiger partial charge on any atom is -0.464 e. The molecule has 0 aliphatic rings. The van der Waals surface area contributed by atoms with Crippen molar-refractivity contribution < 1.29 is 18.7 Å². The Morgan fingerprint density at radius 2 is 2.11 bits per heavy atom. The topological polar surface area (TPSA) is 81.4 Å². The standard InChI is InChI=1S/C13H17FN2O3/c1-4-19-13(18)8(3)16-12(17)9-5-10(14)7(2)11(15)6-9/h5-6,8H,4,15H2,1-3H3,(H,16,17). The van der Waals surface area contributed by atoms with Gasteiger partial charge < -0.3 is 15.8 Å². The number of hydrogen-bond donors (Lipinski definition) is 2. The lowest BCUT2D eigenvalue weighted by molar-refractivity contribution is -0.144. The zero-order valence-electron chi connectivity index (χ0n) is 11.1. The Hall–Kier alpha value is -2.11. The molecule has 19 heavy (non-hydrogen) atoms. The third-order valence-electron chi connectivity index (χ3n) is 2.63. The van der Waals surface area contributed by atoms with Crippen LogP contribution >= 0.6 is 0 Å². The molecule has 0 bridgehead atoms. The van der Waals surface area contributed by atoms with E-state index < -0.39 is 23.7 Å². The fourth-order valence-corrected chi connectivity index (χ4v) is 1.44. The number of rotatable bonds is 4. The summed E-state index contributed by atoms with van der Waals surface area (Å²) in [5.41, 5.74) is 6.13. The van der Waals surface area contributed by atoms with Crippen molar-refractivity contribution in [2.75, 3.05) is 12.3 Å². The van der Waals surface area contributed by atoms with Crippen LogP contribution in [0.2, 0.25) is 0 Å². The Morgan fingerprint density at radius 3 is 2.63 bits per heavy atom. The quantitative estimate of drug-likeness (QED) is 0.639. The molecule has 0 aliphatic heterocycles. The largest absolute Gasteiger partial charge is 0.464 e. The summed E-state index contributed by atoms with van der Waals surface area (Å²) >= 11 is 0. The number of nitrogens with two attached hydrogens (primary N) is 1. The molecular weight excluding hydrogens is 251 g/mol. The first-order chi connectivity index (χ1) is 8.86. The second kappa shape index (κ2) is 6.17. The molecule has 0 fully saturated rings. The lowest BCUT2D eigenvalue weighted by Crippen LogP contribution is -2.39. The maximum Gasteiger partial charge on any atom is 0.328 e. The average Bonchev–Trinajstić information content (AvgIpc) is 2.35. The monoisotopic (exact) mass is 268 g/mol. The first-order valence-corrected chi connectivity index (χ1v) is 5.90. The number of anilines is 1. The Labute approximate surface area is 110 Å². The highest BCUT2D eigenvalue weighted by atomic mass is 19.1. The molecule has 0 saturated heterocycles. The first kappa shape index (κ1) is 14.9. The van der Waals surface area contributed by atoms with Crippen molar-refractivity contribution in [1.29, 1.82) is 0 Å². The highest BCUT2D eigenvalue weighted by molar-refractivity contribution is 5.97. The summed E-state index contributed by atoms with van der Waals surface area (Å²) < 4.78 is 18.2. The Morgan fingerprint density at radius 1 is 1.47 bits per heavy atom. The van der Waals surface area contributed by atoms with Crippen LogP contribution in [0.5, 0.6) is 0 Å². The minimum atomic E-state index is -0.807. The summed E-state index contributed by atoms with van der Waals surface area (Å²) in [5.74, 6) is -1.68. The van der Waals surface area contributed by atoms with Crippen LogP contribution in [0.15, 0.2) is 12.1 Å². The van der Waals surface area contributed by atoms with Crippen LogP contribution in [0, 0.1) is 12.7 Å². The molecular formula is C13H17FN2O3. The summed E-state index contributed by atoms with van der Waals surface area (Å²) in [7, 11) is 0. The molecule has 1 rings (SSSR count). The normalized spacial score (nSPS) is 11.8. The number of ether oxygens (including phenoxy) is 1. The van der Waals surface area contributed by atoms with Crippen LogP contribution in [0.25, 0.3) is 0 Å². The maximum atomic E-state index is 13.5. The van der Waals surface area contributed by atoms with E-state index in [9.17, 15) is 14.0 Å². The fraction of sp³-hybridized carbons (Fsp3) is 0.385. The zero-order valence-corrected chi connectivity index (χ0v) is 11.1. The van der Waals surface area contributed by atoms with Gasteiger partial charge in [-0.15, -0.1) is 0 Å². The van der Waals surface area contributed by atoms with E-state index in [1.165, 1.54) is 19.9 Å². The molecule has 0 saturated carbocycles. The number of esters is 1. The molecule has 5 nitrogen and oxygen atoms in total. The third-order valence-corrected chi connectivity index (χ3v) is 2.63. The first-order valence-electron chi connectivity index (χ1n) is 5.90. The smallest absolute Gasteiger partial charge is 0.328 e. The maximum absolute atomic E-state index is 13.5. The number of carbonyl (C=O) groups is 2. The molecule has 3 N–H and O–H groups in total. The molecule has 1 unspecified atom stereocenters. The van der Waals surface area contributed by atoms with Gasteiger partial charge in [-0.3, -0.25) is 4.79 Å². The number of hydrogen-bond acceptors (Lipinski definition) is 4. The van der Waals surface area contributed by atoms with Crippen molar-refractivity contribution in [3.8, 4) is 0 Å². The van der Waals surface area contributed by atoms with Crippen LogP contribution in [-0.4, -0.2) is 24.5 Å². The van der Waals surface area contributed by atoms with E-state index in [-0.39, 0.29) is 23.4 Å². The zero-order chi connectivity index (χ0) is 14.6. The Balaban J connectivity index is 2.82. The van der Waals surface area contributed by atoms with Crippen molar-refractivity contribution in [3.63, 3.8) is 0 Å². The second-order valence-corrected chi connectivity index (χ2v) is 4.12. The predicted octanol–water partition coefficient (Wildman–Crippen LogP) is 1.40. The molecule has 1 amide bonds. The molecule has 1 aromatic carbocycles. The van der Waals surface area contributed by atoms with Crippen LogP contribution in [0.1, 0.15) is 29.8 Å². The summed E-state index contributed by atoms with van der Waals surface area (Å²) in [6, 6.07) is 1.64. The molecule has 6 heteroatoms. The van der Waals surface area contributed by atoms with E-state index in [0.717, 1.165) is 6.07 Å². The molecule has 0 aliphatic carbocycles. The van der Waals surface area contributed by atoms with Gasteiger partial charge in [0.05, 0.1) is 6.61 Å². The van der Waals surface area contributed by atoms with Gasteiger partial charge in [0.25, 0.3) is 5.91 Å². The van der Waals surface area contributed by atoms with Crippen molar-refractivity contribution in [1.82, 2.24) is 5.32 Å². The highest BCUT2D eigenvalue weighted by Gasteiger charge is 2.18. The van der Waals surface area contributed by atoms with E-state index in [1.807, 2.05) is 0 Å². The van der Waals surface area contributed by atoms with Crippen LogP contribution in [-0.2, 0) is 9.53 Å². The van der Waals surface area contributed by atoms with E-state index in [0.29, 0.717) is 0 Å². The molecule has 0 spiro atoms. The molecule has 1 aromatic rings. The average molecular weight is 268 g/mol. The minimum absolute atomic E-state index is 0.0664. The molecule has 104 valence electrons. The van der Waals surface area contributed by atoms with Crippen molar-refractivity contribution >= 4 is 17.6 Å². The summed E-state index contributed by atoms with van der Waals surface area (Å²) in [6.07, 6.45) is 0. The Bertz CT molecular complexity index is 480. The van der Waals surface area contributed by atoms with Crippen LogP contribution < -0.4 is 11.1 Å². The summed E-state index contributed by atoms with van der Waals surface area (Å²) in [5, 5.41) is 2.42. The number of benzene rings is 1. The SMILES string of the molecule is CCOC(=O)C(C)NC(=O)c1cc(N)c(C)c(F)c1. The molecule has 0 aromatic heterocycles. The molecule has 1 atom stereocenters. The van der Waals surface area contributed by atoms with E-state index >= 15 is 0 Å². The highest BCUT2D eigenvalue weighted by Crippen LogP contribution is 2.17. The number of carbonyl (C=O) groups excluding carboxylic acids is 2. The van der Waals surface area contributed by atoms with Gasteiger partial charge in [0.15, 0.2) is 0 Å². The van der Waals surface area contributed by atoms with Crippen LogP contribution in [0.4, 0.5) is 10.1 Å². The number of nitrogens with one attached hydrogen (secondary N) is 1. The van der Waals surface area contributed by atoms with E-state index in [4.69, 9.17) is 10.5 Å². The third kappa shape index (κ3) is 3.67. The van der Waals surface area contributed by atoms with Gasteiger partial charge in [-0.2, -0.15) is 0 Å². The van der Waals surface area contributed by atoms with Gasteiger partial charge in [-0.25, -0.2) is 9.18 Å². The fourth-order valence-electron chi connectivity index (χ4n) is 1.44. The van der Waals surface area contributed by atoms with Crippen molar-refractivity contribution in [3.05, 3.63) is 29.1 Å². The van der Waals surface area contributed by atoms with Gasteiger partial charge in [0.2, 0.25) is 0 Å². The van der Waals surface area contributed by atoms with E-state index in [1.54, 1.807) is 6.92 Å². The number of amides is 1. The second-order valence-electron chi connectivity index (χ2n) is 4.12. The van der Waals surface area contributed by atoms with Gasteiger partial charge in [-0.1, -0.05) is 0 Å². The number of halogens is 1. The van der Waals surface area contributed by atoms with Gasteiger partial charge in [0, 0.05) is 16.8 Å².